The Kier molecular flexibility index (Phi) is 20.9. The van der Waals surface area contributed by atoms with Crippen LogP contribution in [0.2, 0.25) is 0 Å². The van der Waals surface area contributed by atoms with Gasteiger partial charge in [0, 0.05) is 17.9 Å². The fourth-order valence-corrected chi connectivity index (χ4v) is 4.48. The van der Waals surface area contributed by atoms with E-state index >= 15 is 0 Å². The largest absolute Gasteiger partial charge is 0.490 e. The van der Waals surface area contributed by atoms with Crippen molar-refractivity contribution in [2.45, 2.75) is 91.9 Å². The van der Waals surface area contributed by atoms with Gasteiger partial charge < -0.3 is 18.9 Å². The third-order valence-electron chi connectivity index (χ3n) is 5.50. The molecule has 0 amide bonds. The molecule has 0 N–H and O–H groups in total. The molecule has 0 saturated carbocycles. The highest BCUT2D eigenvalue weighted by molar-refractivity contribution is 9.13. The van der Waals surface area contributed by atoms with Gasteiger partial charge in [0.25, 0.3) is 0 Å². The van der Waals surface area contributed by atoms with Crippen molar-refractivity contribution in [1.82, 2.24) is 0 Å². The van der Waals surface area contributed by atoms with Crippen LogP contribution in [0.1, 0.15) is 91.9 Å². The van der Waals surface area contributed by atoms with E-state index in [2.05, 4.69) is 91.4 Å². The van der Waals surface area contributed by atoms with Crippen molar-refractivity contribution >= 4 is 63.7 Å². The summed E-state index contributed by atoms with van der Waals surface area (Å²) in [6, 6.07) is 7.87. The van der Waals surface area contributed by atoms with Crippen LogP contribution < -0.4 is 18.9 Å². The van der Waals surface area contributed by atoms with Gasteiger partial charge in [0.2, 0.25) is 0 Å². The number of hydrogen-bond acceptors (Lipinski definition) is 4. The summed E-state index contributed by atoms with van der Waals surface area (Å²) in [5.41, 5.74) is 0. The van der Waals surface area contributed by atoms with E-state index in [0.717, 1.165) is 106 Å². The molecule has 2 aromatic rings. The van der Waals surface area contributed by atoms with Gasteiger partial charge in [0.05, 0.1) is 26.4 Å². The molecule has 2 aromatic carbocycles. The predicted molar refractivity (Wildman–Crippen MR) is 175 cm³/mol. The third kappa shape index (κ3) is 14.8. The second kappa shape index (κ2) is 22.3. The Balaban J connectivity index is 0.000000382. The van der Waals surface area contributed by atoms with Crippen LogP contribution in [0, 0.1) is 0 Å². The highest BCUT2D eigenvalue weighted by Crippen LogP contribution is 2.37. The molecule has 0 spiro atoms. The van der Waals surface area contributed by atoms with Gasteiger partial charge in [-0.3, -0.25) is 0 Å². The van der Waals surface area contributed by atoms with Crippen LogP contribution in [0.15, 0.2) is 42.2 Å². The van der Waals surface area contributed by atoms with E-state index in [4.69, 9.17) is 18.9 Å². The number of ether oxygens (including phenoxy) is 4. The van der Waals surface area contributed by atoms with Crippen molar-refractivity contribution < 1.29 is 18.9 Å². The van der Waals surface area contributed by atoms with Crippen molar-refractivity contribution in [3.63, 3.8) is 0 Å². The van der Waals surface area contributed by atoms with Crippen molar-refractivity contribution in [2.24, 2.45) is 0 Å². The molecule has 0 atom stereocenters. The van der Waals surface area contributed by atoms with E-state index < -0.39 is 0 Å². The van der Waals surface area contributed by atoms with E-state index in [1.54, 1.807) is 0 Å². The van der Waals surface area contributed by atoms with Crippen LogP contribution in [0.4, 0.5) is 0 Å². The average molecular weight is 788 g/mol. The van der Waals surface area contributed by atoms with Crippen molar-refractivity contribution in [3.8, 4) is 23.0 Å². The second-order valence-electron chi connectivity index (χ2n) is 8.94. The van der Waals surface area contributed by atoms with E-state index in [9.17, 15) is 0 Å². The van der Waals surface area contributed by atoms with E-state index in [1.165, 1.54) is 25.7 Å². The molecule has 0 bridgehead atoms. The summed E-state index contributed by atoms with van der Waals surface area (Å²) in [6.45, 7) is 11.6. The van der Waals surface area contributed by atoms with Gasteiger partial charge in [-0.25, -0.2) is 0 Å². The summed E-state index contributed by atoms with van der Waals surface area (Å²) < 4.78 is 27.2. The van der Waals surface area contributed by atoms with Gasteiger partial charge in [0.15, 0.2) is 23.0 Å². The lowest BCUT2D eigenvalue weighted by atomic mass is 10.2. The topological polar surface area (TPSA) is 36.9 Å². The smallest absolute Gasteiger partial charge is 0.162 e. The minimum atomic E-state index is 0.731. The molecule has 0 saturated heterocycles. The Labute approximate surface area is 264 Å². The van der Waals surface area contributed by atoms with Crippen LogP contribution in [-0.4, -0.2) is 26.4 Å². The highest BCUT2D eigenvalue weighted by Gasteiger charge is 2.11. The van der Waals surface area contributed by atoms with Crippen LogP contribution >= 0.6 is 63.7 Å². The number of unbranched alkanes of at least 4 members (excludes halogenated alkanes) is 6. The normalized spacial score (nSPS) is 10.5. The Bertz CT molecular complexity index is 836. The molecule has 0 aromatic heterocycles. The molecular formula is C30H44Br4O4. The summed E-state index contributed by atoms with van der Waals surface area (Å²) >= 11 is 14.0. The zero-order valence-corrected chi connectivity index (χ0v) is 29.7. The van der Waals surface area contributed by atoms with Gasteiger partial charge in [-0.2, -0.15) is 0 Å². The molecule has 0 aliphatic carbocycles. The second-order valence-corrected chi connectivity index (χ2v) is 12.4. The van der Waals surface area contributed by atoms with E-state index in [0.29, 0.717) is 0 Å². The van der Waals surface area contributed by atoms with Crippen LogP contribution in [0.3, 0.4) is 0 Å². The molecule has 8 heteroatoms. The van der Waals surface area contributed by atoms with E-state index in [1.807, 2.05) is 24.3 Å². The molecule has 0 aliphatic heterocycles. The first kappa shape index (κ1) is 35.6. The Hall–Kier alpha value is -0.440. The minimum Gasteiger partial charge on any atom is -0.490 e. The van der Waals surface area contributed by atoms with Gasteiger partial charge >= 0.3 is 0 Å². The lowest BCUT2D eigenvalue weighted by Gasteiger charge is -2.14. The summed E-state index contributed by atoms with van der Waals surface area (Å²) in [7, 11) is 0. The summed E-state index contributed by atoms with van der Waals surface area (Å²) in [5, 5.41) is 0. The van der Waals surface area contributed by atoms with Crippen molar-refractivity contribution in [3.05, 3.63) is 42.2 Å². The molecule has 0 heterocycles. The molecule has 0 fully saturated rings. The molecule has 0 aliphatic rings. The summed E-state index contributed by atoms with van der Waals surface area (Å²) in [4.78, 5) is 0. The molecule has 0 radical (unpaired) electrons. The van der Waals surface area contributed by atoms with Gasteiger partial charge in [-0.05, 0) is 114 Å². The number of rotatable bonds is 18. The molecule has 4 nitrogen and oxygen atoms in total. The number of halogens is 4. The van der Waals surface area contributed by atoms with E-state index in [-0.39, 0.29) is 0 Å². The van der Waals surface area contributed by atoms with Gasteiger partial charge in [0.1, 0.15) is 0 Å². The fourth-order valence-electron chi connectivity index (χ4n) is 3.19. The molecule has 38 heavy (non-hydrogen) atoms. The average Bonchev–Trinajstić information content (AvgIpc) is 2.90. The monoisotopic (exact) mass is 784 g/mol. The molecule has 0 unspecified atom stereocenters. The van der Waals surface area contributed by atoms with Gasteiger partial charge in [-0.1, -0.05) is 66.2 Å². The molecule has 216 valence electrons. The SMILES string of the molecule is CCCCCOc1cc(Br)c(Br)cc1OCCCCC.CCCCOc1cc(Br)c(Br)cc1OCCCC. The quantitative estimate of drug-likeness (QED) is 0.141. The van der Waals surface area contributed by atoms with Crippen molar-refractivity contribution in [1.29, 1.82) is 0 Å². The summed E-state index contributed by atoms with van der Waals surface area (Å²) in [6.07, 6.45) is 11.3. The lowest BCUT2D eigenvalue weighted by Crippen LogP contribution is -2.03. The Morgan fingerprint density at radius 3 is 0.868 bits per heavy atom. The first-order valence-corrected chi connectivity index (χ1v) is 17.0. The highest BCUT2D eigenvalue weighted by atomic mass is 79.9. The molecular weight excluding hydrogens is 744 g/mol. The summed E-state index contributed by atoms with van der Waals surface area (Å²) in [5.74, 6) is 3.28. The minimum absolute atomic E-state index is 0.731. The zero-order chi connectivity index (χ0) is 28.2. The van der Waals surface area contributed by atoms with Crippen LogP contribution in [0.25, 0.3) is 0 Å². The van der Waals surface area contributed by atoms with Crippen LogP contribution in [-0.2, 0) is 0 Å². The first-order chi connectivity index (χ1) is 18.4. The lowest BCUT2D eigenvalue weighted by molar-refractivity contribution is 0.259. The maximum Gasteiger partial charge on any atom is 0.162 e. The third-order valence-corrected chi connectivity index (χ3v) is 9.18. The predicted octanol–water partition coefficient (Wildman–Crippen LogP) is 11.9. The van der Waals surface area contributed by atoms with Crippen molar-refractivity contribution in [2.75, 3.05) is 26.4 Å². The van der Waals surface area contributed by atoms with Gasteiger partial charge in [-0.15, -0.1) is 0 Å². The molecule has 2 rings (SSSR count). The van der Waals surface area contributed by atoms with Crippen LogP contribution in [0.5, 0.6) is 23.0 Å². The Morgan fingerprint density at radius 1 is 0.395 bits per heavy atom. The standard InChI is InChI=1S/C16H24Br2O2.C14H20Br2O2/c1-3-5-7-9-19-15-11-13(17)14(18)12-16(15)20-10-8-6-4-2;1-3-5-7-17-13-9-11(15)12(16)10-14(13)18-8-6-4-2/h11-12H,3-10H2,1-2H3;9-10H,3-8H2,1-2H3. The Morgan fingerprint density at radius 2 is 0.632 bits per heavy atom. The maximum atomic E-state index is 5.86. The fraction of sp³-hybridized carbons (Fsp3) is 0.600. The first-order valence-electron chi connectivity index (χ1n) is 13.9. The number of benzene rings is 2. The number of hydrogen-bond donors (Lipinski definition) is 0. The zero-order valence-electron chi connectivity index (χ0n) is 23.4. The maximum absolute atomic E-state index is 5.86.